The van der Waals surface area contributed by atoms with Crippen LogP contribution in [0.15, 0.2) is 88.7 Å². The molecule has 0 unspecified atom stereocenters. The lowest BCUT2D eigenvalue weighted by Crippen LogP contribution is -2.49. The van der Waals surface area contributed by atoms with Gasteiger partial charge in [0.15, 0.2) is 0 Å². The first kappa shape index (κ1) is 27.9. The SMILES string of the molecule is Cc1ccc(C)c(CN2C(=O)c3ccccc3[S@@](=O)c3ccc(C(=O)N4CCN(c5cc(C)ccc5C)CC4)cc32)c1. The Hall–Kier alpha value is -4.23. The number of fused-ring (bicyclic) bond motifs is 2. The Morgan fingerprint density at radius 1 is 0.738 bits per heavy atom. The molecule has 0 spiro atoms. The first-order valence-corrected chi connectivity index (χ1v) is 15.5. The Labute approximate surface area is 250 Å². The highest BCUT2D eigenvalue weighted by Gasteiger charge is 2.32. The molecule has 7 heteroatoms. The Bertz CT molecular complexity index is 1740. The van der Waals surface area contributed by atoms with Crippen molar-refractivity contribution in [3.8, 4) is 0 Å². The minimum Gasteiger partial charge on any atom is -0.368 e. The van der Waals surface area contributed by atoms with Gasteiger partial charge in [-0.15, -0.1) is 0 Å². The van der Waals surface area contributed by atoms with E-state index < -0.39 is 10.8 Å². The number of piperazine rings is 1. The van der Waals surface area contributed by atoms with Gasteiger partial charge in [-0.05, 0) is 86.3 Å². The van der Waals surface area contributed by atoms with E-state index in [1.54, 1.807) is 47.4 Å². The average Bonchev–Trinajstić information content (AvgIpc) is 3.09. The zero-order chi connectivity index (χ0) is 29.5. The summed E-state index contributed by atoms with van der Waals surface area (Å²) in [5.74, 6) is -0.296. The van der Waals surface area contributed by atoms with E-state index in [4.69, 9.17) is 0 Å². The molecule has 6 rings (SSSR count). The number of hydrogen-bond acceptors (Lipinski definition) is 4. The molecule has 0 bridgehead atoms. The molecule has 2 heterocycles. The molecular weight excluding hydrogens is 542 g/mol. The second-order valence-electron chi connectivity index (χ2n) is 11.3. The van der Waals surface area contributed by atoms with Gasteiger partial charge in [-0.25, -0.2) is 4.21 Å². The van der Waals surface area contributed by atoms with Crippen LogP contribution in [0.4, 0.5) is 11.4 Å². The molecule has 1 fully saturated rings. The fourth-order valence-electron chi connectivity index (χ4n) is 5.89. The molecule has 1 atom stereocenters. The second kappa shape index (κ2) is 11.2. The zero-order valence-corrected chi connectivity index (χ0v) is 25.3. The van der Waals surface area contributed by atoms with Crippen molar-refractivity contribution in [3.05, 3.63) is 118 Å². The quantitative estimate of drug-likeness (QED) is 0.289. The number of nitrogens with zero attached hydrogens (tertiary/aromatic N) is 3. The summed E-state index contributed by atoms with van der Waals surface area (Å²) >= 11 is 0. The molecule has 42 heavy (non-hydrogen) atoms. The number of aryl methyl sites for hydroxylation is 4. The number of carbonyl (C=O) groups excluding carboxylic acids is 2. The highest BCUT2D eigenvalue weighted by Crippen LogP contribution is 2.37. The molecule has 4 aromatic carbocycles. The molecule has 2 aliphatic heterocycles. The summed E-state index contributed by atoms with van der Waals surface area (Å²) in [6, 6.07) is 25.0. The van der Waals surface area contributed by atoms with Gasteiger partial charge in [-0.3, -0.25) is 9.59 Å². The third kappa shape index (κ3) is 5.13. The van der Waals surface area contributed by atoms with Crippen LogP contribution in [-0.4, -0.2) is 47.1 Å². The molecule has 214 valence electrons. The van der Waals surface area contributed by atoms with Gasteiger partial charge in [-0.1, -0.05) is 48.0 Å². The van der Waals surface area contributed by atoms with Crippen molar-refractivity contribution in [1.29, 1.82) is 0 Å². The third-order valence-electron chi connectivity index (χ3n) is 8.36. The van der Waals surface area contributed by atoms with Crippen LogP contribution in [-0.2, 0) is 17.3 Å². The van der Waals surface area contributed by atoms with Crippen LogP contribution >= 0.6 is 0 Å². The van der Waals surface area contributed by atoms with Gasteiger partial charge in [0.2, 0.25) is 0 Å². The maximum absolute atomic E-state index is 14.0. The van der Waals surface area contributed by atoms with Crippen molar-refractivity contribution in [3.63, 3.8) is 0 Å². The average molecular weight is 578 g/mol. The first-order chi connectivity index (χ1) is 20.2. The van der Waals surface area contributed by atoms with Gasteiger partial charge in [0.1, 0.15) is 0 Å². The van der Waals surface area contributed by atoms with Crippen molar-refractivity contribution >= 4 is 34.0 Å². The summed E-state index contributed by atoms with van der Waals surface area (Å²) < 4.78 is 13.8. The molecule has 2 aliphatic rings. The molecule has 4 aromatic rings. The highest BCUT2D eigenvalue weighted by atomic mass is 32.2. The van der Waals surface area contributed by atoms with Crippen molar-refractivity contribution < 1.29 is 13.8 Å². The van der Waals surface area contributed by atoms with E-state index >= 15 is 0 Å². The summed E-state index contributed by atoms with van der Waals surface area (Å²) in [4.78, 5) is 34.8. The molecule has 1 saturated heterocycles. The maximum Gasteiger partial charge on any atom is 0.259 e. The van der Waals surface area contributed by atoms with Crippen LogP contribution in [0.25, 0.3) is 0 Å². The van der Waals surface area contributed by atoms with Crippen molar-refractivity contribution in [2.24, 2.45) is 0 Å². The number of hydrogen-bond donors (Lipinski definition) is 0. The van der Waals surface area contributed by atoms with Crippen LogP contribution in [0.1, 0.15) is 48.5 Å². The Balaban J connectivity index is 1.33. The number of rotatable bonds is 4. The summed E-state index contributed by atoms with van der Waals surface area (Å²) in [7, 11) is -1.57. The maximum atomic E-state index is 14.0. The Morgan fingerprint density at radius 3 is 2.19 bits per heavy atom. The van der Waals surface area contributed by atoms with E-state index in [2.05, 4.69) is 55.1 Å². The second-order valence-corrected chi connectivity index (χ2v) is 12.8. The lowest BCUT2D eigenvalue weighted by Gasteiger charge is -2.37. The van der Waals surface area contributed by atoms with Gasteiger partial charge in [-0.2, -0.15) is 0 Å². The minimum atomic E-state index is -1.57. The van der Waals surface area contributed by atoms with Crippen molar-refractivity contribution in [2.45, 2.75) is 44.0 Å². The summed E-state index contributed by atoms with van der Waals surface area (Å²) in [5, 5.41) is 0. The Morgan fingerprint density at radius 2 is 1.43 bits per heavy atom. The molecular formula is C35H35N3O3S. The first-order valence-electron chi connectivity index (χ1n) is 14.4. The van der Waals surface area contributed by atoms with Gasteiger partial charge < -0.3 is 14.7 Å². The normalized spacial score (nSPS) is 16.6. The number of amides is 2. The lowest BCUT2D eigenvalue weighted by atomic mass is 10.0. The smallest absolute Gasteiger partial charge is 0.259 e. The number of benzene rings is 4. The Kier molecular flexibility index (Phi) is 7.45. The van der Waals surface area contributed by atoms with Crippen LogP contribution < -0.4 is 9.80 Å². The molecule has 0 aliphatic carbocycles. The van der Waals surface area contributed by atoms with Gasteiger partial charge in [0.25, 0.3) is 11.8 Å². The zero-order valence-electron chi connectivity index (χ0n) is 24.5. The predicted octanol–water partition coefficient (Wildman–Crippen LogP) is 6.21. The van der Waals surface area contributed by atoms with E-state index in [9.17, 15) is 13.8 Å². The van der Waals surface area contributed by atoms with Crippen LogP contribution in [0.2, 0.25) is 0 Å². The van der Waals surface area contributed by atoms with E-state index in [0.717, 1.165) is 29.8 Å². The number of carbonyl (C=O) groups is 2. The third-order valence-corrected chi connectivity index (χ3v) is 9.86. The fraction of sp³-hybridized carbons (Fsp3) is 0.257. The van der Waals surface area contributed by atoms with E-state index in [1.807, 2.05) is 18.7 Å². The van der Waals surface area contributed by atoms with Crippen LogP contribution in [0.5, 0.6) is 0 Å². The van der Waals surface area contributed by atoms with E-state index in [-0.39, 0.29) is 11.8 Å². The van der Waals surface area contributed by atoms with Crippen LogP contribution in [0.3, 0.4) is 0 Å². The minimum absolute atomic E-state index is 0.0786. The summed E-state index contributed by atoms with van der Waals surface area (Å²) in [6.45, 7) is 11.3. The topological polar surface area (TPSA) is 60.9 Å². The number of anilines is 2. The summed E-state index contributed by atoms with van der Waals surface area (Å²) in [5.41, 5.74) is 8.30. The largest absolute Gasteiger partial charge is 0.368 e. The molecule has 0 saturated carbocycles. The van der Waals surface area contributed by atoms with Gasteiger partial charge in [0.05, 0.1) is 38.4 Å². The van der Waals surface area contributed by atoms with Gasteiger partial charge >= 0.3 is 0 Å². The van der Waals surface area contributed by atoms with Crippen molar-refractivity contribution in [2.75, 3.05) is 36.0 Å². The molecule has 2 amide bonds. The fourth-order valence-corrected chi connectivity index (χ4v) is 7.23. The molecule has 6 nitrogen and oxygen atoms in total. The van der Waals surface area contributed by atoms with E-state index in [0.29, 0.717) is 46.2 Å². The summed E-state index contributed by atoms with van der Waals surface area (Å²) in [6.07, 6.45) is 0. The van der Waals surface area contributed by atoms with Crippen LogP contribution in [0, 0.1) is 27.7 Å². The molecule has 0 N–H and O–H groups in total. The predicted molar refractivity (Wildman–Crippen MR) is 168 cm³/mol. The standard InChI is InChI=1S/C35H35N3O3S/c1-23-9-11-25(3)28(19-23)22-38-31-21-27(13-14-33(31)42(41)32-8-6-5-7-29(32)35(38)40)34(39)37-17-15-36(16-18-37)30-20-24(2)10-12-26(30)4/h5-14,19-21H,15-18,22H2,1-4H3/t42-/m1/s1. The molecule has 0 aromatic heterocycles. The monoisotopic (exact) mass is 577 g/mol. The van der Waals surface area contributed by atoms with Crippen molar-refractivity contribution in [1.82, 2.24) is 4.90 Å². The molecule has 0 radical (unpaired) electrons. The van der Waals surface area contributed by atoms with E-state index in [1.165, 1.54) is 16.8 Å². The lowest BCUT2D eigenvalue weighted by molar-refractivity contribution is 0.0746. The van der Waals surface area contributed by atoms with Gasteiger partial charge in [0, 0.05) is 37.4 Å². The highest BCUT2D eigenvalue weighted by molar-refractivity contribution is 7.85.